The number of likely N-dealkylation sites (tertiary alicyclic amines) is 2. The van der Waals surface area contributed by atoms with Crippen LogP contribution in [0, 0.1) is 29.6 Å². The summed E-state index contributed by atoms with van der Waals surface area (Å²) in [6.07, 6.45) is 8.53. The molecule has 0 amide bonds. The predicted octanol–water partition coefficient (Wildman–Crippen LogP) is 7.86. The molecule has 3 aliphatic rings. The SMILES string of the molecule is C#CN.C=C(c1ccc(-c2ccc(CCC3CCN(CC4(C(F)(F)F)CCC4)CC3)c(F)c2)cc1)N1CCCCC1. The van der Waals surface area contributed by atoms with E-state index in [-0.39, 0.29) is 25.2 Å². The first-order chi connectivity index (χ1) is 19.7. The molecule has 3 nitrogen and oxygen atoms in total. The Labute approximate surface area is 242 Å². The van der Waals surface area contributed by atoms with E-state index in [1.54, 1.807) is 12.1 Å². The molecule has 2 N–H and O–H groups in total. The van der Waals surface area contributed by atoms with Crippen molar-refractivity contribution >= 4 is 5.70 Å². The third-order valence-electron chi connectivity index (χ3n) is 9.31. The lowest BCUT2D eigenvalue weighted by Crippen LogP contribution is -2.53. The Morgan fingerprint density at radius 2 is 1.56 bits per heavy atom. The standard InChI is InChI=1S/C32H40F4N2.C2H3N/c1-24(38-18-3-2-4-19-38)26-8-10-27(11-9-26)29-13-12-28(30(33)22-29)7-6-25-14-20-37(21-15-25)23-31(16-5-17-31)32(34,35)36;1-2-3/h8-13,22,25H,1-7,14-21,23H2;1H,3H2. The number of benzene rings is 2. The van der Waals surface area contributed by atoms with Gasteiger partial charge in [-0.25, -0.2) is 4.39 Å². The maximum atomic E-state index is 15.0. The van der Waals surface area contributed by atoms with Gasteiger partial charge in [-0.05, 0) is 111 Å². The second kappa shape index (κ2) is 13.8. The van der Waals surface area contributed by atoms with Gasteiger partial charge in [-0.2, -0.15) is 13.2 Å². The summed E-state index contributed by atoms with van der Waals surface area (Å²) >= 11 is 0. The second-order valence-corrected chi connectivity index (χ2v) is 11.9. The lowest BCUT2D eigenvalue weighted by molar-refractivity contribution is -0.256. The molecule has 5 rings (SSSR count). The van der Waals surface area contributed by atoms with Crippen LogP contribution in [0.4, 0.5) is 17.6 Å². The van der Waals surface area contributed by atoms with Crippen molar-refractivity contribution in [3.8, 4) is 23.6 Å². The Morgan fingerprint density at radius 3 is 2.10 bits per heavy atom. The fraction of sp³-hybridized carbons (Fsp3) is 0.529. The molecule has 0 unspecified atom stereocenters. The molecule has 2 aromatic carbocycles. The first-order valence-corrected chi connectivity index (χ1v) is 14.9. The number of hydrogen-bond donors (Lipinski definition) is 1. The molecular weight excluding hydrogens is 526 g/mol. The summed E-state index contributed by atoms with van der Waals surface area (Å²) in [7, 11) is 0. The van der Waals surface area contributed by atoms with Crippen LogP contribution in [0.25, 0.3) is 16.8 Å². The molecule has 3 fully saturated rings. The second-order valence-electron chi connectivity index (χ2n) is 11.9. The lowest BCUT2D eigenvalue weighted by atomic mass is 9.67. The van der Waals surface area contributed by atoms with Crippen LogP contribution in [0.2, 0.25) is 0 Å². The normalized spacial score (nSPS) is 19.4. The zero-order valence-electron chi connectivity index (χ0n) is 24.0. The molecule has 1 aliphatic carbocycles. The van der Waals surface area contributed by atoms with Gasteiger partial charge < -0.3 is 15.5 Å². The van der Waals surface area contributed by atoms with Gasteiger partial charge in [0, 0.05) is 25.3 Å². The summed E-state index contributed by atoms with van der Waals surface area (Å²) in [4.78, 5) is 4.36. The van der Waals surface area contributed by atoms with E-state index in [1.165, 1.54) is 19.3 Å². The third-order valence-corrected chi connectivity index (χ3v) is 9.31. The number of terminal acetylenes is 1. The maximum Gasteiger partial charge on any atom is 0.395 e. The molecule has 0 aromatic heterocycles. The summed E-state index contributed by atoms with van der Waals surface area (Å²) in [6.45, 7) is 7.98. The molecule has 0 radical (unpaired) electrons. The van der Waals surface area contributed by atoms with E-state index in [0.717, 1.165) is 60.3 Å². The summed E-state index contributed by atoms with van der Waals surface area (Å²) < 4.78 is 55.6. The summed E-state index contributed by atoms with van der Waals surface area (Å²) in [5, 5.41) is 0. The van der Waals surface area contributed by atoms with Crippen molar-refractivity contribution in [1.29, 1.82) is 0 Å². The summed E-state index contributed by atoms with van der Waals surface area (Å²) in [5.41, 5.74) is 7.64. The fourth-order valence-electron chi connectivity index (χ4n) is 6.49. The van der Waals surface area contributed by atoms with Crippen LogP contribution in [0.3, 0.4) is 0 Å². The van der Waals surface area contributed by atoms with Gasteiger partial charge >= 0.3 is 6.18 Å². The van der Waals surface area contributed by atoms with E-state index in [1.807, 2.05) is 29.2 Å². The molecule has 2 saturated heterocycles. The Balaban J connectivity index is 0.00000124. The average molecular weight is 570 g/mol. The molecule has 7 heteroatoms. The highest BCUT2D eigenvalue weighted by Crippen LogP contribution is 2.53. The number of hydrogen-bond acceptors (Lipinski definition) is 3. The Kier molecular flexibility index (Phi) is 10.4. The number of nitrogens with zero attached hydrogens (tertiary/aromatic N) is 2. The molecule has 0 spiro atoms. The molecule has 222 valence electrons. The van der Waals surface area contributed by atoms with Gasteiger partial charge in [-0.15, -0.1) is 0 Å². The van der Waals surface area contributed by atoms with E-state index >= 15 is 4.39 Å². The Morgan fingerprint density at radius 1 is 0.951 bits per heavy atom. The number of alkyl halides is 3. The van der Waals surface area contributed by atoms with Crippen LogP contribution in [-0.2, 0) is 6.42 Å². The van der Waals surface area contributed by atoms with Gasteiger partial charge in [0.25, 0.3) is 0 Å². The minimum Gasteiger partial charge on any atom is -0.372 e. The molecule has 2 heterocycles. The van der Waals surface area contributed by atoms with E-state index in [4.69, 9.17) is 0 Å². The molecule has 1 saturated carbocycles. The van der Waals surface area contributed by atoms with Gasteiger partial charge in [0.05, 0.1) is 5.41 Å². The quantitative estimate of drug-likeness (QED) is 0.200. The molecule has 41 heavy (non-hydrogen) atoms. The molecule has 2 aliphatic heterocycles. The number of aryl methyl sites for hydroxylation is 1. The number of rotatable bonds is 8. The lowest BCUT2D eigenvalue weighted by Gasteiger charge is -2.47. The first kappa shape index (κ1) is 31.0. The van der Waals surface area contributed by atoms with Crippen molar-refractivity contribution in [2.45, 2.75) is 70.4 Å². The van der Waals surface area contributed by atoms with Crippen molar-refractivity contribution in [3.05, 3.63) is 66.0 Å². The number of halogens is 4. The van der Waals surface area contributed by atoms with Crippen molar-refractivity contribution in [1.82, 2.24) is 9.80 Å². The molecule has 0 atom stereocenters. The highest BCUT2D eigenvalue weighted by molar-refractivity contribution is 5.69. The highest BCUT2D eigenvalue weighted by atomic mass is 19.4. The fourth-order valence-corrected chi connectivity index (χ4v) is 6.49. The average Bonchev–Trinajstić information content (AvgIpc) is 2.95. The van der Waals surface area contributed by atoms with Gasteiger partial charge in [0.1, 0.15) is 5.82 Å². The Hall–Kier alpha value is -2.98. The predicted molar refractivity (Wildman–Crippen MR) is 159 cm³/mol. The topological polar surface area (TPSA) is 32.5 Å². The van der Waals surface area contributed by atoms with Crippen LogP contribution in [0.5, 0.6) is 0 Å². The minimum atomic E-state index is -4.10. The smallest absolute Gasteiger partial charge is 0.372 e. The highest BCUT2D eigenvalue weighted by Gasteiger charge is 2.58. The summed E-state index contributed by atoms with van der Waals surface area (Å²) in [5.74, 6) is 0.257. The summed E-state index contributed by atoms with van der Waals surface area (Å²) in [6, 6.07) is 15.5. The zero-order valence-corrected chi connectivity index (χ0v) is 24.0. The third kappa shape index (κ3) is 7.65. The van der Waals surface area contributed by atoms with Crippen LogP contribution >= 0.6 is 0 Å². The molecular formula is C34H43F4N3. The molecule has 2 aromatic rings. The molecule has 0 bridgehead atoms. The number of piperidine rings is 2. The van der Waals surface area contributed by atoms with Crippen LogP contribution in [0.15, 0.2) is 49.0 Å². The maximum absolute atomic E-state index is 15.0. The number of nitrogens with two attached hydrogens (primary N) is 1. The first-order valence-electron chi connectivity index (χ1n) is 14.9. The van der Waals surface area contributed by atoms with Crippen molar-refractivity contribution in [2.24, 2.45) is 17.1 Å². The largest absolute Gasteiger partial charge is 0.395 e. The van der Waals surface area contributed by atoms with Gasteiger partial charge in [0.15, 0.2) is 0 Å². The van der Waals surface area contributed by atoms with E-state index < -0.39 is 11.6 Å². The van der Waals surface area contributed by atoms with Crippen molar-refractivity contribution in [3.63, 3.8) is 0 Å². The van der Waals surface area contributed by atoms with Gasteiger partial charge in [-0.3, -0.25) is 0 Å². The minimum absolute atomic E-state index is 0.145. The van der Waals surface area contributed by atoms with Gasteiger partial charge in [-0.1, -0.05) is 55.8 Å². The zero-order chi connectivity index (χ0) is 29.5. The van der Waals surface area contributed by atoms with E-state index in [0.29, 0.717) is 31.8 Å². The van der Waals surface area contributed by atoms with Crippen LogP contribution in [-0.4, -0.2) is 48.7 Å². The van der Waals surface area contributed by atoms with E-state index in [9.17, 15) is 13.2 Å². The van der Waals surface area contributed by atoms with Crippen LogP contribution in [0.1, 0.15) is 68.9 Å². The monoisotopic (exact) mass is 569 g/mol. The van der Waals surface area contributed by atoms with Crippen molar-refractivity contribution in [2.75, 3.05) is 32.7 Å². The van der Waals surface area contributed by atoms with Crippen molar-refractivity contribution < 1.29 is 17.6 Å². The van der Waals surface area contributed by atoms with Gasteiger partial charge in [0.2, 0.25) is 0 Å². The van der Waals surface area contributed by atoms with E-state index in [2.05, 4.69) is 35.8 Å². The Bertz CT molecular complexity index is 1180. The van der Waals surface area contributed by atoms with Crippen LogP contribution < -0.4 is 5.73 Å².